The first-order valence-corrected chi connectivity index (χ1v) is 9.07. The molecule has 0 aliphatic heterocycles. The fraction of sp³-hybridized carbons (Fsp3) is 0.389. The van der Waals surface area contributed by atoms with E-state index in [-0.39, 0.29) is 12.4 Å². The number of aromatic nitrogens is 4. The average molecular weight is 411 g/mol. The lowest BCUT2D eigenvalue weighted by Gasteiger charge is -2.22. The number of benzene rings is 1. The maximum absolute atomic E-state index is 10.4. The van der Waals surface area contributed by atoms with Crippen LogP contribution in [-0.4, -0.2) is 55.3 Å². The first kappa shape index (κ1) is 21.4. The molecule has 7 nitrogen and oxygen atoms in total. The van der Waals surface area contributed by atoms with Gasteiger partial charge in [0.05, 0.1) is 19.0 Å². The quantitative estimate of drug-likeness (QED) is 0.592. The lowest BCUT2D eigenvalue weighted by molar-refractivity contribution is 0.104. The standard InChI is InChI=1S/C18H23ClN6O.ClH/c1-3-24(4-2)9-15(26)10-25-12-22-16-17(20-11-21-18(16)25)23-14-7-5-13(19)6-8-14;/h5-8,11-12,15,26H,3-4,9-10H2,1-2H3,(H,20,21,23);1H. The number of imidazole rings is 1. The minimum absolute atomic E-state index is 0. The van der Waals surface area contributed by atoms with Crippen LogP contribution in [0.4, 0.5) is 11.5 Å². The third kappa shape index (κ3) is 5.29. The van der Waals surface area contributed by atoms with E-state index in [0.29, 0.717) is 35.1 Å². The number of anilines is 2. The Labute approximate surface area is 169 Å². The molecule has 2 heterocycles. The van der Waals surface area contributed by atoms with E-state index in [2.05, 4.69) is 39.0 Å². The fourth-order valence-corrected chi connectivity index (χ4v) is 2.97. The molecule has 0 spiro atoms. The second-order valence-electron chi connectivity index (χ2n) is 6.06. The molecule has 2 N–H and O–H groups in total. The zero-order valence-electron chi connectivity index (χ0n) is 15.3. The van der Waals surface area contributed by atoms with Crippen molar-refractivity contribution in [1.29, 1.82) is 0 Å². The number of halogens is 2. The summed E-state index contributed by atoms with van der Waals surface area (Å²) in [6.07, 6.45) is 2.70. The van der Waals surface area contributed by atoms with Crippen LogP contribution in [0.25, 0.3) is 11.2 Å². The van der Waals surface area contributed by atoms with Gasteiger partial charge in [-0.05, 0) is 37.4 Å². The van der Waals surface area contributed by atoms with Crippen molar-refractivity contribution < 1.29 is 5.11 Å². The molecule has 27 heavy (non-hydrogen) atoms. The van der Waals surface area contributed by atoms with Crippen LogP contribution in [0, 0.1) is 0 Å². The summed E-state index contributed by atoms with van der Waals surface area (Å²) in [6, 6.07) is 7.37. The van der Waals surface area contributed by atoms with Crippen LogP contribution in [0.1, 0.15) is 13.8 Å². The van der Waals surface area contributed by atoms with E-state index in [1.165, 1.54) is 6.33 Å². The summed E-state index contributed by atoms with van der Waals surface area (Å²) in [5.74, 6) is 0.620. The second-order valence-corrected chi connectivity index (χ2v) is 6.50. The number of hydrogen-bond donors (Lipinski definition) is 2. The van der Waals surface area contributed by atoms with Crippen molar-refractivity contribution in [2.45, 2.75) is 26.5 Å². The highest BCUT2D eigenvalue weighted by atomic mass is 35.5. The number of aliphatic hydroxyl groups excluding tert-OH is 1. The van der Waals surface area contributed by atoms with Gasteiger partial charge in [0.15, 0.2) is 17.0 Å². The zero-order chi connectivity index (χ0) is 18.5. The van der Waals surface area contributed by atoms with Gasteiger partial charge in [0.2, 0.25) is 0 Å². The first-order chi connectivity index (χ1) is 12.6. The Morgan fingerprint density at radius 1 is 1.15 bits per heavy atom. The van der Waals surface area contributed by atoms with Gasteiger partial charge >= 0.3 is 0 Å². The molecule has 3 aromatic rings. The Hall–Kier alpha value is -1.93. The number of fused-ring (bicyclic) bond motifs is 1. The number of rotatable bonds is 8. The van der Waals surface area contributed by atoms with E-state index < -0.39 is 6.10 Å². The number of hydrogen-bond acceptors (Lipinski definition) is 6. The summed E-state index contributed by atoms with van der Waals surface area (Å²) in [4.78, 5) is 15.2. The lowest BCUT2D eigenvalue weighted by Crippen LogP contribution is -2.34. The van der Waals surface area contributed by atoms with Crippen molar-refractivity contribution in [2.24, 2.45) is 0 Å². The summed E-state index contributed by atoms with van der Waals surface area (Å²) < 4.78 is 1.86. The molecule has 0 radical (unpaired) electrons. The van der Waals surface area contributed by atoms with E-state index in [1.807, 2.05) is 28.8 Å². The van der Waals surface area contributed by atoms with Gasteiger partial charge in [0, 0.05) is 17.3 Å². The van der Waals surface area contributed by atoms with E-state index in [1.54, 1.807) is 6.33 Å². The number of aliphatic hydroxyl groups is 1. The van der Waals surface area contributed by atoms with Gasteiger partial charge in [-0.3, -0.25) is 0 Å². The Morgan fingerprint density at radius 2 is 1.85 bits per heavy atom. The van der Waals surface area contributed by atoms with Crippen molar-refractivity contribution in [2.75, 3.05) is 25.0 Å². The molecular formula is C18H24Cl2N6O. The van der Waals surface area contributed by atoms with E-state index in [9.17, 15) is 5.11 Å². The van der Waals surface area contributed by atoms with Crippen molar-refractivity contribution in [3.05, 3.63) is 41.9 Å². The van der Waals surface area contributed by atoms with Crippen LogP contribution in [0.3, 0.4) is 0 Å². The molecule has 1 aromatic carbocycles. The highest BCUT2D eigenvalue weighted by Gasteiger charge is 2.14. The van der Waals surface area contributed by atoms with Crippen molar-refractivity contribution in [3.63, 3.8) is 0 Å². The minimum atomic E-state index is -0.491. The third-order valence-corrected chi connectivity index (χ3v) is 4.53. The molecule has 1 unspecified atom stereocenters. The highest BCUT2D eigenvalue weighted by Crippen LogP contribution is 2.23. The van der Waals surface area contributed by atoms with Crippen LogP contribution in [0.5, 0.6) is 0 Å². The van der Waals surface area contributed by atoms with Gasteiger partial charge in [-0.2, -0.15) is 0 Å². The predicted molar refractivity (Wildman–Crippen MR) is 111 cm³/mol. The molecule has 0 aliphatic rings. The summed E-state index contributed by atoms with van der Waals surface area (Å²) in [5.41, 5.74) is 2.22. The highest BCUT2D eigenvalue weighted by molar-refractivity contribution is 6.30. The topological polar surface area (TPSA) is 79.1 Å². The largest absolute Gasteiger partial charge is 0.390 e. The van der Waals surface area contributed by atoms with Crippen LogP contribution >= 0.6 is 24.0 Å². The molecule has 0 amide bonds. The molecule has 2 aromatic heterocycles. The molecule has 0 saturated carbocycles. The average Bonchev–Trinajstić information content (AvgIpc) is 3.05. The normalized spacial score (nSPS) is 12.2. The third-order valence-electron chi connectivity index (χ3n) is 4.28. The summed E-state index contributed by atoms with van der Waals surface area (Å²) in [5, 5.41) is 14.3. The van der Waals surface area contributed by atoms with Crippen LogP contribution in [0.15, 0.2) is 36.9 Å². The fourth-order valence-electron chi connectivity index (χ4n) is 2.84. The Bertz CT molecular complexity index is 851. The van der Waals surface area contributed by atoms with Gasteiger partial charge in [-0.25, -0.2) is 15.0 Å². The molecule has 0 saturated heterocycles. The van der Waals surface area contributed by atoms with Gasteiger partial charge in [0.25, 0.3) is 0 Å². The zero-order valence-corrected chi connectivity index (χ0v) is 16.9. The molecule has 1 atom stereocenters. The van der Waals surface area contributed by atoms with Gasteiger partial charge < -0.3 is 19.9 Å². The van der Waals surface area contributed by atoms with Crippen LogP contribution in [-0.2, 0) is 6.54 Å². The molecule has 0 fully saturated rings. The molecular weight excluding hydrogens is 387 g/mol. The maximum Gasteiger partial charge on any atom is 0.165 e. The second kappa shape index (κ2) is 9.85. The van der Waals surface area contributed by atoms with Crippen LogP contribution < -0.4 is 5.32 Å². The maximum atomic E-state index is 10.4. The Morgan fingerprint density at radius 3 is 2.52 bits per heavy atom. The van der Waals surface area contributed by atoms with Crippen molar-refractivity contribution in [3.8, 4) is 0 Å². The molecule has 9 heteroatoms. The summed E-state index contributed by atoms with van der Waals surface area (Å²) in [7, 11) is 0. The Balaban J connectivity index is 0.00000261. The summed E-state index contributed by atoms with van der Waals surface area (Å²) in [6.45, 7) is 7.05. The SMILES string of the molecule is CCN(CC)CC(O)Cn1cnc2c(Nc3ccc(Cl)cc3)ncnc21.Cl. The monoisotopic (exact) mass is 410 g/mol. The van der Waals surface area contributed by atoms with E-state index in [0.717, 1.165) is 18.8 Å². The summed E-state index contributed by atoms with van der Waals surface area (Å²) >= 11 is 5.92. The van der Waals surface area contributed by atoms with Gasteiger partial charge in [-0.1, -0.05) is 25.4 Å². The van der Waals surface area contributed by atoms with Crippen molar-refractivity contribution in [1.82, 2.24) is 24.4 Å². The van der Waals surface area contributed by atoms with Gasteiger partial charge in [-0.15, -0.1) is 12.4 Å². The predicted octanol–water partition coefficient (Wildman–Crippen LogP) is 3.35. The molecule has 3 rings (SSSR count). The number of likely N-dealkylation sites (N-methyl/N-ethyl adjacent to an activating group) is 1. The first-order valence-electron chi connectivity index (χ1n) is 8.69. The van der Waals surface area contributed by atoms with Crippen LogP contribution in [0.2, 0.25) is 5.02 Å². The Kier molecular flexibility index (Phi) is 7.79. The molecule has 146 valence electrons. The van der Waals surface area contributed by atoms with E-state index >= 15 is 0 Å². The van der Waals surface area contributed by atoms with Gasteiger partial charge in [0.1, 0.15) is 6.33 Å². The molecule has 0 bridgehead atoms. The minimum Gasteiger partial charge on any atom is -0.390 e. The number of nitrogens with one attached hydrogen (secondary N) is 1. The number of nitrogens with zero attached hydrogens (tertiary/aromatic N) is 5. The van der Waals surface area contributed by atoms with Crippen molar-refractivity contribution >= 4 is 46.7 Å². The smallest absolute Gasteiger partial charge is 0.165 e. The van der Waals surface area contributed by atoms with E-state index in [4.69, 9.17) is 11.6 Å². The lowest BCUT2D eigenvalue weighted by atomic mass is 10.3. The molecule has 0 aliphatic carbocycles.